The SMILES string of the molecule is COC(=O)C1CCSCN1.Cl. The van der Waals surface area contributed by atoms with E-state index in [0.717, 1.165) is 18.1 Å². The second-order valence-electron chi connectivity index (χ2n) is 2.12. The maximum absolute atomic E-state index is 10.9. The zero-order chi connectivity index (χ0) is 7.40. The number of methoxy groups -OCH3 is 1. The lowest BCUT2D eigenvalue weighted by Gasteiger charge is -2.20. The van der Waals surface area contributed by atoms with Gasteiger partial charge in [-0.15, -0.1) is 24.2 Å². The highest BCUT2D eigenvalue weighted by Crippen LogP contribution is 2.10. The lowest BCUT2D eigenvalue weighted by atomic mass is 10.2. The third kappa shape index (κ3) is 3.31. The second-order valence-corrected chi connectivity index (χ2v) is 3.23. The minimum absolute atomic E-state index is 0. The van der Waals surface area contributed by atoms with Crippen LogP contribution in [0.1, 0.15) is 6.42 Å². The number of hydrogen-bond donors (Lipinski definition) is 1. The molecule has 1 atom stereocenters. The monoisotopic (exact) mass is 197 g/mol. The van der Waals surface area contributed by atoms with Gasteiger partial charge in [0.1, 0.15) is 6.04 Å². The van der Waals surface area contributed by atoms with Gasteiger partial charge in [0.15, 0.2) is 0 Å². The summed E-state index contributed by atoms with van der Waals surface area (Å²) in [5.74, 6) is 1.77. The van der Waals surface area contributed by atoms with Crippen molar-refractivity contribution in [2.24, 2.45) is 0 Å². The Labute approximate surface area is 76.7 Å². The molecule has 0 amide bonds. The van der Waals surface area contributed by atoms with E-state index in [1.165, 1.54) is 7.11 Å². The topological polar surface area (TPSA) is 38.3 Å². The standard InChI is InChI=1S/C6H11NO2S.ClH/c1-9-6(8)5-2-3-10-4-7-5;/h5,7H,2-4H2,1H3;1H. The van der Waals surface area contributed by atoms with Crippen LogP contribution in [0.15, 0.2) is 0 Å². The van der Waals surface area contributed by atoms with Crippen molar-refractivity contribution in [3.8, 4) is 0 Å². The molecule has 0 radical (unpaired) electrons. The first-order valence-electron chi connectivity index (χ1n) is 3.23. The molecule has 0 bridgehead atoms. The number of thioether (sulfide) groups is 1. The molecule has 1 aliphatic heterocycles. The summed E-state index contributed by atoms with van der Waals surface area (Å²) < 4.78 is 4.58. The Hall–Kier alpha value is 0.0700. The molecular formula is C6H12ClNO2S. The molecule has 0 aromatic rings. The fourth-order valence-corrected chi connectivity index (χ4v) is 1.74. The summed E-state index contributed by atoms with van der Waals surface area (Å²) in [4.78, 5) is 10.9. The zero-order valence-corrected chi connectivity index (χ0v) is 7.96. The molecule has 0 spiro atoms. The molecule has 5 heteroatoms. The largest absolute Gasteiger partial charge is 0.468 e. The van der Waals surface area contributed by atoms with Crippen molar-refractivity contribution in [2.45, 2.75) is 12.5 Å². The molecule has 0 aliphatic carbocycles. The fraction of sp³-hybridized carbons (Fsp3) is 0.833. The van der Waals surface area contributed by atoms with E-state index in [2.05, 4.69) is 10.1 Å². The van der Waals surface area contributed by atoms with Gasteiger partial charge < -0.3 is 4.74 Å². The number of halogens is 1. The maximum Gasteiger partial charge on any atom is 0.322 e. The van der Waals surface area contributed by atoms with E-state index in [-0.39, 0.29) is 24.4 Å². The van der Waals surface area contributed by atoms with Crippen LogP contribution in [0.5, 0.6) is 0 Å². The minimum atomic E-state index is -0.139. The Bertz CT molecular complexity index is 128. The van der Waals surface area contributed by atoms with Gasteiger partial charge in [-0.2, -0.15) is 0 Å². The molecule has 1 aliphatic rings. The van der Waals surface area contributed by atoms with E-state index in [1.807, 2.05) is 11.8 Å². The van der Waals surface area contributed by atoms with Gasteiger partial charge >= 0.3 is 5.97 Å². The average Bonchev–Trinajstić information content (AvgIpc) is 2.05. The summed E-state index contributed by atoms with van der Waals surface area (Å²) in [7, 11) is 1.42. The molecule has 11 heavy (non-hydrogen) atoms. The highest BCUT2D eigenvalue weighted by Gasteiger charge is 2.20. The van der Waals surface area contributed by atoms with Crippen LogP contribution in [-0.2, 0) is 9.53 Å². The lowest BCUT2D eigenvalue weighted by Crippen LogP contribution is -2.40. The number of nitrogens with one attached hydrogen (secondary N) is 1. The van der Waals surface area contributed by atoms with Crippen LogP contribution in [0.3, 0.4) is 0 Å². The minimum Gasteiger partial charge on any atom is -0.468 e. The Balaban J connectivity index is 0.000001000. The number of hydrogen-bond acceptors (Lipinski definition) is 4. The Kier molecular flexibility index (Phi) is 5.72. The van der Waals surface area contributed by atoms with Crippen molar-refractivity contribution in [2.75, 3.05) is 18.7 Å². The van der Waals surface area contributed by atoms with Crippen LogP contribution >= 0.6 is 24.2 Å². The summed E-state index contributed by atoms with van der Waals surface area (Å²) in [5.41, 5.74) is 0. The summed E-state index contributed by atoms with van der Waals surface area (Å²) >= 11 is 1.81. The van der Waals surface area contributed by atoms with Gasteiger partial charge in [0.2, 0.25) is 0 Å². The van der Waals surface area contributed by atoms with E-state index in [9.17, 15) is 4.79 Å². The Morgan fingerprint density at radius 3 is 2.91 bits per heavy atom. The van der Waals surface area contributed by atoms with Crippen LogP contribution in [0.2, 0.25) is 0 Å². The third-order valence-electron chi connectivity index (χ3n) is 1.47. The summed E-state index contributed by atoms with van der Waals surface area (Å²) in [5, 5.41) is 3.06. The molecule has 66 valence electrons. The van der Waals surface area contributed by atoms with Gasteiger partial charge in [0.05, 0.1) is 7.11 Å². The highest BCUT2D eigenvalue weighted by molar-refractivity contribution is 7.99. The molecular weight excluding hydrogens is 186 g/mol. The fourth-order valence-electron chi connectivity index (χ4n) is 0.878. The maximum atomic E-state index is 10.9. The number of carbonyl (C=O) groups is 1. The summed E-state index contributed by atoms with van der Waals surface area (Å²) in [6.45, 7) is 0. The van der Waals surface area contributed by atoms with Gasteiger partial charge in [0, 0.05) is 5.88 Å². The van der Waals surface area contributed by atoms with E-state index in [4.69, 9.17) is 0 Å². The van der Waals surface area contributed by atoms with Crippen LogP contribution in [0.4, 0.5) is 0 Å². The molecule has 1 saturated heterocycles. The average molecular weight is 198 g/mol. The van der Waals surface area contributed by atoms with Crippen LogP contribution in [0, 0.1) is 0 Å². The van der Waals surface area contributed by atoms with Crippen LogP contribution in [-0.4, -0.2) is 30.8 Å². The molecule has 3 nitrogen and oxygen atoms in total. The summed E-state index contributed by atoms with van der Waals surface area (Å²) in [6, 6.07) is -0.0637. The second kappa shape index (κ2) is 5.69. The molecule has 1 heterocycles. The normalized spacial score (nSPS) is 23.5. The molecule has 0 aromatic heterocycles. The molecule has 1 fully saturated rings. The Morgan fingerprint density at radius 2 is 2.45 bits per heavy atom. The lowest BCUT2D eigenvalue weighted by molar-refractivity contribution is -0.143. The van der Waals surface area contributed by atoms with Gasteiger partial charge in [-0.3, -0.25) is 10.1 Å². The molecule has 1 unspecified atom stereocenters. The summed E-state index contributed by atoms with van der Waals surface area (Å²) in [6.07, 6.45) is 0.886. The predicted molar refractivity (Wildman–Crippen MR) is 48.1 cm³/mol. The number of ether oxygens (including phenoxy) is 1. The first kappa shape index (κ1) is 11.1. The van der Waals surface area contributed by atoms with Gasteiger partial charge in [-0.05, 0) is 12.2 Å². The quantitative estimate of drug-likeness (QED) is 0.626. The molecule has 0 aromatic carbocycles. The highest BCUT2D eigenvalue weighted by atomic mass is 35.5. The smallest absolute Gasteiger partial charge is 0.322 e. The van der Waals surface area contributed by atoms with E-state index < -0.39 is 0 Å². The van der Waals surface area contributed by atoms with E-state index in [0.29, 0.717) is 0 Å². The first-order chi connectivity index (χ1) is 4.84. The molecule has 1 N–H and O–H groups in total. The predicted octanol–water partition coefficient (Wildman–Crippen LogP) is 0.634. The number of rotatable bonds is 1. The number of esters is 1. The molecule has 0 saturated carbocycles. The van der Waals surface area contributed by atoms with Crippen molar-refractivity contribution in [1.29, 1.82) is 0 Å². The van der Waals surface area contributed by atoms with E-state index in [1.54, 1.807) is 0 Å². The van der Waals surface area contributed by atoms with Gasteiger partial charge in [0.25, 0.3) is 0 Å². The van der Waals surface area contributed by atoms with E-state index >= 15 is 0 Å². The van der Waals surface area contributed by atoms with Crippen molar-refractivity contribution in [3.63, 3.8) is 0 Å². The zero-order valence-electron chi connectivity index (χ0n) is 6.33. The third-order valence-corrected chi connectivity index (χ3v) is 2.36. The number of carbonyl (C=O) groups excluding carboxylic acids is 1. The van der Waals surface area contributed by atoms with Crippen molar-refractivity contribution >= 4 is 30.1 Å². The van der Waals surface area contributed by atoms with Crippen molar-refractivity contribution in [1.82, 2.24) is 5.32 Å². The van der Waals surface area contributed by atoms with Crippen molar-refractivity contribution in [3.05, 3.63) is 0 Å². The van der Waals surface area contributed by atoms with Crippen LogP contribution < -0.4 is 5.32 Å². The van der Waals surface area contributed by atoms with Crippen molar-refractivity contribution < 1.29 is 9.53 Å². The first-order valence-corrected chi connectivity index (χ1v) is 4.39. The van der Waals surface area contributed by atoms with Crippen LogP contribution in [0.25, 0.3) is 0 Å². The van der Waals surface area contributed by atoms with Gasteiger partial charge in [-0.25, -0.2) is 0 Å². The molecule has 1 rings (SSSR count). The van der Waals surface area contributed by atoms with Gasteiger partial charge in [-0.1, -0.05) is 0 Å². The Morgan fingerprint density at radius 1 is 1.73 bits per heavy atom.